The maximum atomic E-state index is 13.3. The van der Waals surface area contributed by atoms with Gasteiger partial charge >= 0.3 is 12.1 Å². The normalized spacial score (nSPS) is 13.7. The van der Waals surface area contributed by atoms with Crippen LogP contribution in [0, 0.1) is 11.8 Å². The molecule has 11 heteroatoms. The second-order valence-electron chi connectivity index (χ2n) is 11.3. The summed E-state index contributed by atoms with van der Waals surface area (Å²) in [6.45, 7) is 12.9. The first-order chi connectivity index (χ1) is 20.9. The molecule has 0 bridgehead atoms. The molecule has 0 aliphatic rings. The Labute approximate surface area is 259 Å². The van der Waals surface area contributed by atoms with Crippen molar-refractivity contribution >= 4 is 23.9 Å². The largest absolute Gasteiger partial charge is 0.508 e. The van der Waals surface area contributed by atoms with Crippen LogP contribution in [0.25, 0.3) is 0 Å². The number of alkyl carbamates (subject to hydrolysis) is 1. The summed E-state index contributed by atoms with van der Waals surface area (Å²) in [6.07, 6.45) is 0.982. The fraction of sp³-hybridized carbons (Fsp3) is 0.455. The van der Waals surface area contributed by atoms with Gasteiger partial charge in [-0.3, -0.25) is 14.4 Å². The van der Waals surface area contributed by atoms with Crippen molar-refractivity contribution in [3.63, 3.8) is 0 Å². The highest BCUT2D eigenvalue weighted by molar-refractivity contribution is 5.86. The highest BCUT2D eigenvalue weighted by atomic mass is 16.5. The number of amides is 3. The third-order valence-electron chi connectivity index (χ3n) is 6.89. The van der Waals surface area contributed by atoms with E-state index >= 15 is 0 Å². The molecule has 0 unspecified atom stereocenters. The number of carbonyl (C=O) groups excluding carboxylic acids is 4. The molecule has 11 nitrogen and oxygen atoms in total. The number of hydrogen-bond donors (Lipinski definition) is 5. The predicted octanol–water partition coefficient (Wildman–Crippen LogP) is 3.22. The Balaban J connectivity index is 2.01. The van der Waals surface area contributed by atoms with Crippen LogP contribution in [0.2, 0.25) is 0 Å². The molecule has 0 fully saturated rings. The molecule has 0 aliphatic carbocycles. The molecule has 5 N–H and O–H groups in total. The number of carbonyl (C=O) groups is 4. The molecule has 2 aromatic rings. The summed E-state index contributed by atoms with van der Waals surface area (Å²) in [5.74, 6) is -1.26. The van der Waals surface area contributed by atoms with E-state index in [4.69, 9.17) is 9.47 Å². The average Bonchev–Trinajstić information content (AvgIpc) is 2.99. The Morgan fingerprint density at radius 1 is 0.864 bits per heavy atom. The van der Waals surface area contributed by atoms with Crippen LogP contribution in [0.1, 0.15) is 45.7 Å². The lowest BCUT2D eigenvalue weighted by Gasteiger charge is -2.26. The van der Waals surface area contributed by atoms with Crippen LogP contribution in [0.15, 0.2) is 67.3 Å². The number of hydrogen-bond acceptors (Lipinski definition) is 8. The molecule has 3 amide bonds. The van der Waals surface area contributed by atoms with E-state index in [9.17, 15) is 24.3 Å². The van der Waals surface area contributed by atoms with Crippen molar-refractivity contribution in [2.45, 2.75) is 71.8 Å². The summed E-state index contributed by atoms with van der Waals surface area (Å²) in [6, 6.07) is 13.0. The molecule has 0 radical (unpaired) electrons. The van der Waals surface area contributed by atoms with Gasteiger partial charge in [-0.15, -0.1) is 6.58 Å². The van der Waals surface area contributed by atoms with Gasteiger partial charge < -0.3 is 35.8 Å². The van der Waals surface area contributed by atoms with E-state index in [2.05, 4.69) is 27.8 Å². The average molecular weight is 611 g/mol. The number of aromatic hydroxyl groups is 1. The first-order valence-electron chi connectivity index (χ1n) is 14.7. The van der Waals surface area contributed by atoms with Gasteiger partial charge in [0.2, 0.25) is 11.8 Å². The highest BCUT2D eigenvalue weighted by Gasteiger charge is 2.28. The fourth-order valence-electron chi connectivity index (χ4n) is 4.23. The zero-order chi connectivity index (χ0) is 32.6. The van der Waals surface area contributed by atoms with Crippen molar-refractivity contribution in [2.24, 2.45) is 11.8 Å². The van der Waals surface area contributed by atoms with Crippen molar-refractivity contribution in [3.05, 3.63) is 78.4 Å². The third kappa shape index (κ3) is 12.9. The quantitative estimate of drug-likeness (QED) is 0.135. The van der Waals surface area contributed by atoms with Gasteiger partial charge in [-0.25, -0.2) is 4.79 Å². The van der Waals surface area contributed by atoms with Crippen molar-refractivity contribution in [1.82, 2.24) is 21.3 Å². The van der Waals surface area contributed by atoms with E-state index in [0.29, 0.717) is 6.54 Å². The molecule has 240 valence electrons. The Hall–Kier alpha value is -4.38. The Bertz CT molecular complexity index is 1220. The number of phenols is 1. The second-order valence-corrected chi connectivity index (χ2v) is 11.3. The highest BCUT2D eigenvalue weighted by Crippen LogP contribution is 2.13. The zero-order valence-electron chi connectivity index (χ0n) is 26.2. The second kappa shape index (κ2) is 18.3. The zero-order valence-corrected chi connectivity index (χ0v) is 26.2. The molecule has 0 aromatic heterocycles. The van der Waals surface area contributed by atoms with Gasteiger partial charge in [0, 0.05) is 19.5 Å². The van der Waals surface area contributed by atoms with Crippen LogP contribution >= 0.6 is 0 Å². The molecule has 4 atom stereocenters. The van der Waals surface area contributed by atoms with Gasteiger partial charge in [0.25, 0.3) is 0 Å². The first-order valence-corrected chi connectivity index (χ1v) is 14.7. The Morgan fingerprint density at radius 3 is 2.09 bits per heavy atom. The van der Waals surface area contributed by atoms with E-state index in [1.54, 1.807) is 26.0 Å². The lowest BCUT2D eigenvalue weighted by atomic mass is 10.0. The maximum Gasteiger partial charge on any atom is 0.408 e. The number of esters is 1. The lowest BCUT2D eigenvalue weighted by Crippen LogP contribution is -2.53. The van der Waals surface area contributed by atoms with Crippen molar-refractivity contribution in [2.75, 3.05) is 13.2 Å². The van der Waals surface area contributed by atoms with E-state index < -0.39 is 36.1 Å². The molecule has 0 saturated heterocycles. The van der Waals surface area contributed by atoms with Crippen molar-refractivity contribution in [1.29, 1.82) is 0 Å². The Kier molecular flexibility index (Phi) is 14.9. The van der Waals surface area contributed by atoms with Crippen LogP contribution in [0.4, 0.5) is 4.79 Å². The van der Waals surface area contributed by atoms with Crippen LogP contribution in [-0.2, 0) is 36.9 Å². The topological polar surface area (TPSA) is 155 Å². The van der Waals surface area contributed by atoms with Gasteiger partial charge in [-0.05, 0) is 41.5 Å². The molecule has 2 rings (SSSR count). The summed E-state index contributed by atoms with van der Waals surface area (Å²) in [4.78, 5) is 50.4. The molecule has 0 aliphatic heterocycles. The van der Waals surface area contributed by atoms with Gasteiger partial charge in [0.05, 0.1) is 6.04 Å². The molecule has 0 heterocycles. The molecular formula is C33H46N4O7. The van der Waals surface area contributed by atoms with Gasteiger partial charge in [0.1, 0.15) is 31.0 Å². The van der Waals surface area contributed by atoms with E-state index in [-0.39, 0.29) is 49.2 Å². The maximum absolute atomic E-state index is 13.3. The number of phenolic OH excluding ortho intramolecular Hbond substituents is 1. The fourth-order valence-corrected chi connectivity index (χ4v) is 4.23. The first kappa shape index (κ1) is 35.8. The summed E-state index contributed by atoms with van der Waals surface area (Å²) in [7, 11) is 0. The van der Waals surface area contributed by atoms with E-state index in [0.717, 1.165) is 11.1 Å². The van der Waals surface area contributed by atoms with Crippen molar-refractivity contribution < 1.29 is 33.8 Å². The van der Waals surface area contributed by atoms with Gasteiger partial charge in [0.15, 0.2) is 0 Å². The standard InChI is InChI=1S/C33H46N4O7/c1-7-26(36-31(40)30(22(4)5)37-33(42)44-19-25-11-9-8-10-12-25)20-43-32(41)28(17-24-13-15-27(39)16-14-24)34-18-29(21(2)3)35-23(6)38/h7-16,21-22,26,28-30,34,39H,1,17-20H2,2-6H3,(H,35,38)(H,36,40)(H,37,42)/t26-,28+,29-,30+/m1/s1. The number of nitrogens with one attached hydrogen (secondary N) is 4. The van der Waals surface area contributed by atoms with Gasteiger partial charge in [-0.2, -0.15) is 0 Å². The van der Waals surface area contributed by atoms with E-state index in [1.807, 2.05) is 44.2 Å². The Morgan fingerprint density at radius 2 is 1.52 bits per heavy atom. The van der Waals surface area contributed by atoms with Crippen LogP contribution < -0.4 is 21.3 Å². The lowest BCUT2D eigenvalue weighted by molar-refractivity contribution is -0.147. The van der Waals surface area contributed by atoms with E-state index in [1.165, 1.54) is 25.1 Å². The molecule has 0 spiro atoms. The van der Waals surface area contributed by atoms with Crippen LogP contribution in [0.3, 0.4) is 0 Å². The molecule has 2 aromatic carbocycles. The number of rotatable bonds is 17. The molecule has 44 heavy (non-hydrogen) atoms. The number of ether oxygens (including phenoxy) is 2. The summed E-state index contributed by atoms with van der Waals surface area (Å²) in [5, 5.41) is 21.1. The monoisotopic (exact) mass is 610 g/mol. The van der Waals surface area contributed by atoms with Crippen LogP contribution in [0.5, 0.6) is 5.75 Å². The minimum Gasteiger partial charge on any atom is -0.508 e. The third-order valence-corrected chi connectivity index (χ3v) is 6.89. The molecule has 0 saturated carbocycles. The summed E-state index contributed by atoms with van der Waals surface area (Å²) < 4.78 is 10.9. The van der Waals surface area contributed by atoms with Crippen LogP contribution in [-0.4, -0.2) is 66.3 Å². The van der Waals surface area contributed by atoms with Crippen molar-refractivity contribution in [3.8, 4) is 5.75 Å². The summed E-state index contributed by atoms with van der Waals surface area (Å²) >= 11 is 0. The summed E-state index contributed by atoms with van der Waals surface area (Å²) in [5.41, 5.74) is 1.60. The SMILES string of the molecule is C=C[C@H](COC(=O)[C@H](Cc1ccc(O)cc1)NC[C@@H](NC(C)=O)C(C)C)NC(=O)[C@@H](NC(=O)OCc1ccccc1)C(C)C. The molecular weight excluding hydrogens is 564 g/mol. The minimum atomic E-state index is -0.901. The minimum absolute atomic E-state index is 0.0619. The number of benzene rings is 2. The van der Waals surface area contributed by atoms with Gasteiger partial charge in [-0.1, -0.05) is 76.2 Å². The predicted molar refractivity (Wildman–Crippen MR) is 168 cm³/mol. The smallest absolute Gasteiger partial charge is 0.408 e.